The second kappa shape index (κ2) is 7.14. The van der Waals surface area contributed by atoms with Gasteiger partial charge in [-0.05, 0) is 30.9 Å². The van der Waals surface area contributed by atoms with Crippen molar-refractivity contribution in [2.24, 2.45) is 11.1 Å². The SMILES string of the molecule is CC1CC(C)N(C[C@H](O)Cc2cc([N+](=O)[O-])ccc2S(N)(=O)=O)C1. The lowest BCUT2D eigenvalue weighted by molar-refractivity contribution is -0.385. The van der Waals surface area contributed by atoms with Crippen LogP contribution < -0.4 is 5.14 Å². The van der Waals surface area contributed by atoms with Crippen LogP contribution in [0.4, 0.5) is 5.69 Å². The van der Waals surface area contributed by atoms with Crippen LogP contribution in [0.15, 0.2) is 23.1 Å². The molecule has 0 aromatic heterocycles. The van der Waals surface area contributed by atoms with E-state index in [4.69, 9.17) is 5.14 Å². The predicted molar refractivity (Wildman–Crippen MR) is 89.0 cm³/mol. The third-order valence-electron chi connectivity index (χ3n) is 4.38. The molecule has 134 valence electrons. The van der Waals surface area contributed by atoms with Crippen LogP contribution in [-0.2, 0) is 16.4 Å². The minimum Gasteiger partial charge on any atom is -0.391 e. The van der Waals surface area contributed by atoms with E-state index in [0.29, 0.717) is 18.5 Å². The zero-order chi connectivity index (χ0) is 18.1. The Bertz CT molecular complexity index is 722. The Morgan fingerprint density at radius 1 is 1.46 bits per heavy atom. The number of hydrogen-bond acceptors (Lipinski definition) is 6. The fourth-order valence-corrected chi connectivity index (χ4v) is 4.11. The maximum Gasteiger partial charge on any atom is 0.269 e. The Hall–Kier alpha value is -1.55. The molecule has 0 aliphatic carbocycles. The maximum atomic E-state index is 11.7. The van der Waals surface area contributed by atoms with E-state index < -0.39 is 21.1 Å². The minimum atomic E-state index is -4.02. The number of primary sulfonamides is 1. The standard InChI is InChI=1S/C15H23N3O5S/c1-10-5-11(2)17(8-10)9-14(19)7-12-6-13(18(20)21)3-4-15(12)24(16,22)23/h3-4,6,10-11,14,19H,5,7-9H2,1-2H3,(H2,16,22,23)/t10?,11?,14-/m1/s1. The van der Waals surface area contributed by atoms with Crippen molar-refractivity contribution in [3.05, 3.63) is 33.9 Å². The summed E-state index contributed by atoms with van der Waals surface area (Å²) in [6.45, 7) is 5.48. The first-order valence-corrected chi connectivity index (χ1v) is 9.34. The molecule has 3 atom stereocenters. The van der Waals surface area contributed by atoms with Crippen molar-refractivity contribution in [2.45, 2.75) is 43.7 Å². The van der Waals surface area contributed by atoms with Crippen molar-refractivity contribution in [1.29, 1.82) is 0 Å². The number of non-ortho nitro benzene ring substituents is 1. The average Bonchev–Trinajstić information content (AvgIpc) is 2.75. The molecule has 0 radical (unpaired) electrons. The van der Waals surface area contributed by atoms with Crippen LogP contribution in [0.3, 0.4) is 0 Å². The molecule has 3 N–H and O–H groups in total. The molecule has 1 aliphatic rings. The summed E-state index contributed by atoms with van der Waals surface area (Å²) in [5.74, 6) is 0.546. The van der Waals surface area contributed by atoms with E-state index in [2.05, 4.69) is 18.7 Å². The third-order valence-corrected chi connectivity index (χ3v) is 5.39. The molecule has 0 saturated carbocycles. The fraction of sp³-hybridized carbons (Fsp3) is 0.600. The lowest BCUT2D eigenvalue weighted by atomic mass is 10.1. The van der Waals surface area contributed by atoms with E-state index >= 15 is 0 Å². The first kappa shape index (κ1) is 18.8. The number of hydrogen-bond donors (Lipinski definition) is 2. The van der Waals surface area contributed by atoms with Gasteiger partial charge in [0.25, 0.3) is 5.69 Å². The number of rotatable bonds is 6. The Balaban J connectivity index is 2.20. The van der Waals surface area contributed by atoms with Gasteiger partial charge < -0.3 is 5.11 Å². The number of aliphatic hydroxyl groups is 1. The summed E-state index contributed by atoms with van der Waals surface area (Å²) in [5.41, 5.74) is -0.0631. The summed E-state index contributed by atoms with van der Waals surface area (Å²) >= 11 is 0. The molecule has 1 saturated heterocycles. The molecule has 24 heavy (non-hydrogen) atoms. The third kappa shape index (κ3) is 4.50. The molecule has 1 aliphatic heterocycles. The van der Waals surface area contributed by atoms with Gasteiger partial charge in [-0.15, -0.1) is 0 Å². The highest BCUT2D eigenvalue weighted by atomic mass is 32.2. The normalized spacial score (nSPS) is 23.3. The van der Waals surface area contributed by atoms with Gasteiger partial charge in [-0.1, -0.05) is 6.92 Å². The highest BCUT2D eigenvalue weighted by molar-refractivity contribution is 7.89. The Morgan fingerprint density at radius 3 is 2.62 bits per heavy atom. The zero-order valence-corrected chi connectivity index (χ0v) is 14.6. The number of likely N-dealkylation sites (tertiary alicyclic amines) is 1. The van der Waals surface area contributed by atoms with Crippen LogP contribution in [0.5, 0.6) is 0 Å². The van der Waals surface area contributed by atoms with E-state index in [1.165, 1.54) is 6.07 Å². The second-order valence-electron chi connectivity index (χ2n) is 6.60. The lowest BCUT2D eigenvalue weighted by Gasteiger charge is -2.24. The van der Waals surface area contributed by atoms with Crippen LogP contribution in [0.2, 0.25) is 0 Å². The van der Waals surface area contributed by atoms with E-state index in [1.807, 2.05) is 0 Å². The van der Waals surface area contributed by atoms with Gasteiger partial charge in [-0.3, -0.25) is 15.0 Å². The fourth-order valence-electron chi connectivity index (χ4n) is 3.35. The number of nitro groups is 1. The van der Waals surface area contributed by atoms with Crippen molar-refractivity contribution >= 4 is 15.7 Å². The predicted octanol–water partition coefficient (Wildman–Crippen LogP) is 0.876. The highest BCUT2D eigenvalue weighted by Gasteiger charge is 2.28. The molecule has 0 spiro atoms. The van der Waals surface area contributed by atoms with Crippen molar-refractivity contribution in [2.75, 3.05) is 13.1 Å². The first-order valence-electron chi connectivity index (χ1n) is 7.80. The first-order chi connectivity index (χ1) is 11.1. The van der Waals surface area contributed by atoms with Gasteiger partial charge in [0.1, 0.15) is 0 Å². The molecule has 0 bridgehead atoms. The quantitative estimate of drug-likeness (QED) is 0.575. The highest BCUT2D eigenvalue weighted by Crippen LogP contribution is 2.25. The number of aliphatic hydroxyl groups excluding tert-OH is 1. The molecular weight excluding hydrogens is 334 g/mol. The summed E-state index contributed by atoms with van der Waals surface area (Å²) in [6, 6.07) is 3.73. The van der Waals surface area contributed by atoms with Gasteiger partial charge in [0.05, 0.1) is 15.9 Å². The Morgan fingerprint density at radius 2 is 2.12 bits per heavy atom. The van der Waals surface area contributed by atoms with Crippen LogP contribution >= 0.6 is 0 Å². The largest absolute Gasteiger partial charge is 0.391 e. The summed E-state index contributed by atoms with van der Waals surface area (Å²) < 4.78 is 23.3. The van der Waals surface area contributed by atoms with Crippen molar-refractivity contribution in [1.82, 2.24) is 4.90 Å². The molecule has 8 nitrogen and oxygen atoms in total. The maximum absolute atomic E-state index is 11.7. The minimum absolute atomic E-state index is 0.00888. The van der Waals surface area contributed by atoms with Gasteiger partial charge in [0, 0.05) is 37.7 Å². The van der Waals surface area contributed by atoms with Crippen molar-refractivity contribution < 1.29 is 18.4 Å². The van der Waals surface area contributed by atoms with Crippen molar-refractivity contribution in [3.63, 3.8) is 0 Å². The van der Waals surface area contributed by atoms with Crippen LogP contribution in [0, 0.1) is 16.0 Å². The van der Waals surface area contributed by atoms with Gasteiger partial charge in [0.15, 0.2) is 0 Å². The number of nitro benzene ring substituents is 1. The molecule has 2 rings (SSSR count). The average molecular weight is 357 g/mol. The van der Waals surface area contributed by atoms with Crippen LogP contribution in [0.25, 0.3) is 0 Å². The van der Waals surface area contributed by atoms with Gasteiger partial charge in [-0.25, -0.2) is 13.6 Å². The monoisotopic (exact) mass is 357 g/mol. The molecule has 1 aromatic carbocycles. The smallest absolute Gasteiger partial charge is 0.269 e. The summed E-state index contributed by atoms with van der Waals surface area (Å²) in [4.78, 5) is 12.3. The van der Waals surface area contributed by atoms with Gasteiger partial charge in [0.2, 0.25) is 10.0 Å². The molecule has 1 aromatic rings. The summed E-state index contributed by atoms with van der Waals surface area (Å²) in [7, 11) is -4.02. The number of benzene rings is 1. The van der Waals surface area contributed by atoms with Gasteiger partial charge in [-0.2, -0.15) is 0 Å². The number of nitrogens with two attached hydrogens (primary N) is 1. The molecule has 2 unspecified atom stereocenters. The van der Waals surface area contributed by atoms with Crippen LogP contribution in [-0.4, -0.2) is 48.6 Å². The topological polar surface area (TPSA) is 127 Å². The Labute approximate surface area is 141 Å². The van der Waals surface area contributed by atoms with Gasteiger partial charge >= 0.3 is 0 Å². The van der Waals surface area contributed by atoms with E-state index in [-0.39, 0.29) is 22.6 Å². The molecular formula is C15H23N3O5S. The second-order valence-corrected chi connectivity index (χ2v) is 8.13. The molecule has 9 heteroatoms. The number of nitrogens with zero attached hydrogens (tertiary/aromatic N) is 2. The van der Waals surface area contributed by atoms with Crippen molar-refractivity contribution in [3.8, 4) is 0 Å². The van der Waals surface area contributed by atoms with E-state index in [0.717, 1.165) is 25.1 Å². The summed E-state index contributed by atoms with van der Waals surface area (Å²) in [5, 5.41) is 26.4. The molecule has 0 amide bonds. The van der Waals surface area contributed by atoms with E-state index in [1.54, 1.807) is 0 Å². The summed E-state index contributed by atoms with van der Waals surface area (Å²) in [6.07, 6.45) is 0.206. The van der Waals surface area contributed by atoms with Crippen LogP contribution in [0.1, 0.15) is 25.8 Å². The molecule has 1 fully saturated rings. The van der Waals surface area contributed by atoms with E-state index in [9.17, 15) is 23.6 Å². The zero-order valence-electron chi connectivity index (χ0n) is 13.8. The molecule has 1 heterocycles. The lowest BCUT2D eigenvalue weighted by Crippen LogP contribution is -2.36. The number of β-amino-alcohol motifs (C(OH)–C–C–N with tert-alkyl or cyclic N) is 1. The number of sulfonamides is 1. The Kier molecular flexibility index (Phi) is 5.59.